The van der Waals surface area contributed by atoms with Crippen molar-refractivity contribution in [1.29, 1.82) is 0 Å². The van der Waals surface area contributed by atoms with Gasteiger partial charge >= 0.3 is 0 Å². The van der Waals surface area contributed by atoms with Gasteiger partial charge in [0, 0.05) is 30.7 Å². The van der Waals surface area contributed by atoms with E-state index in [2.05, 4.69) is 18.2 Å². The van der Waals surface area contributed by atoms with Gasteiger partial charge in [0.15, 0.2) is 0 Å². The van der Waals surface area contributed by atoms with Gasteiger partial charge in [-0.2, -0.15) is 0 Å². The van der Waals surface area contributed by atoms with E-state index in [1.165, 1.54) is 0 Å². The maximum atomic E-state index is 3.97. The molecule has 0 aliphatic carbocycles. The summed E-state index contributed by atoms with van der Waals surface area (Å²) in [5.74, 6) is 0. The van der Waals surface area contributed by atoms with Crippen LogP contribution in [0.5, 0.6) is 0 Å². The van der Waals surface area contributed by atoms with Crippen molar-refractivity contribution in [3.63, 3.8) is 0 Å². The van der Waals surface area contributed by atoms with Crippen molar-refractivity contribution in [3.05, 3.63) is 36.7 Å². The first-order valence-corrected chi connectivity index (χ1v) is 4.12. The molecule has 13 heavy (non-hydrogen) atoms. The summed E-state index contributed by atoms with van der Waals surface area (Å²) in [6, 6.07) is 2.00. The summed E-state index contributed by atoms with van der Waals surface area (Å²) in [4.78, 5) is 3.97. The average Bonchev–Trinajstić information content (AvgIpc) is 2.48. The van der Waals surface area contributed by atoms with Crippen molar-refractivity contribution in [2.45, 2.75) is 6.92 Å². The van der Waals surface area contributed by atoms with Crippen LogP contribution < -0.4 is 0 Å². The van der Waals surface area contributed by atoms with E-state index in [4.69, 9.17) is 0 Å². The summed E-state index contributed by atoms with van der Waals surface area (Å²) in [5.41, 5.74) is 3.09. The summed E-state index contributed by atoms with van der Waals surface area (Å²) in [7, 11) is 1.75. The molecule has 0 aromatic carbocycles. The zero-order chi connectivity index (χ0) is 9.84. The molecule has 1 heterocycles. The molecule has 1 aromatic rings. The highest BCUT2D eigenvalue weighted by molar-refractivity contribution is 5.85. The van der Waals surface area contributed by atoms with Crippen LogP contribution in [0.4, 0.5) is 0 Å². The van der Waals surface area contributed by atoms with Gasteiger partial charge in [-0.1, -0.05) is 13.2 Å². The smallest absolute Gasteiger partial charge is 0.0534 e. The minimum absolute atomic E-state index is 0.977. The minimum Gasteiger partial charge on any atom is -0.321 e. The normalized spacial score (nSPS) is 10.6. The third-order valence-corrected chi connectivity index (χ3v) is 1.83. The van der Waals surface area contributed by atoms with E-state index >= 15 is 0 Å². The molecular weight excluding hydrogens is 160 g/mol. The first-order valence-electron chi connectivity index (χ1n) is 4.12. The highest BCUT2D eigenvalue weighted by Crippen LogP contribution is 2.14. The van der Waals surface area contributed by atoms with Gasteiger partial charge in [-0.25, -0.2) is 0 Å². The predicted molar refractivity (Wildman–Crippen MR) is 59.0 cm³/mol. The molecule has 2 nitrogen and oxygen atoms in total. The fourth-order valence-electron chi connectivity index (χ4n) is 1.26. The lowest BCUT2D eigenvalue weighted by molar-refractivity contribution is 1.09. The van der Waals surface area contributed by atoms with Crippen molar-refractivity contribution < 1.29 is 0 Å². The van der Waals surface area contributed by atoms with Crippen molar-refractivity contribution in [1.82, 2.24) is 4.57 Å². The van der Waals surface area contributed by atoms with Crippen LogP contribution in [0.2, 0.25) is 0 Å². The van der Waals surface area contributed by atoms with Gasteiger partial charge in [0.25, 0.3) is 0 Å². The summed E-state index contributed by atoms with van der Waals surface area (Å²) in [5, 5.41) is 0. The van der Waals surface area contributed by atoms with Gasteiger partial charge in [-0.3, -0.25) is 4.99 Å². The largest absolute Gasteiger partial charge is 0.321 e. The molecule has 0 radical (unpaired) electrons. The summed E-state index contributed by atoms with van der Waals surface area (Å²) < 4.78 is 1.99. The van der Waals surface area contributed by atoms with E-state index < -0.39 is 0 Å². The molecule has 0 atom stereocenters. The van der Waals surface area contributed by atoms with Crippen LogP contribution in [0.3, 0.4) is 0 Å². The number of hydrogen-bond acceptors (Lipinski definition) is 1. The Labute approximate surface area is 78.9 Å². The molecule has 0 amide bonds. The maximum Gasteiger partial charge on any atom is 0.0534 e. The Kier molecular flexibility index (Phi) is 2.85. The molecular formula is C11H14N2. The quantitative estimate of drug-likeness (QED) is 0.627. The summed E-state index contributed by atoms with van der Waals surface area (Å²) >= 11 is 0. The van der Waals surface area contributed by atoms with Gasteiger partial charge in [0.2, 0.25) is 0 Å². The molecule has 0 bridgehead atoms. The van der Waals surface area contributed by atoms with E-state index in [0.29, 0.717) is 0 Å². The Morgan fingerprint density at radius 3 is 2.77 bits per heavy atom. The maximum absolute atomic E-state index is 3.97. The fraction of sp³-hybridized carbons (Fsp3) is 0.182. The van der Waals surface area contributed by atoms with Gasteiger partial charge in [-0.05, 0) is 19.1 Å². The fourth-order valence-corrected chi connectivity index (χ4v) is 1.26. The molecule has 1 rings (SSSR count). The van der Waals surface area contributed by atoms with Crippen LogP contribution in [-0.2, 0) is 0 Å². The SMILES string of the molecule is C=Cc1c(C=NC)ccn1C(=C)C. The summed E-state index contributed by atoms with van der Waals surface area (Å²) in [6.07, 6.45) is 5.60. The van der Waals surface area contributed by atoms with Crippen LogP contribution in [0.15, 0.2) is 30.4 Å². The number of rotatable bonds is 3. The van der Waals surface area contributed by atoms with Crippen LogP contribution in [0.1, 0.15) is 18.2 Å². The highest BCUT2D eigenvalue weighted by atomic mass is 15.0. The Hall–Kier alpha value is -1.57. The number of hydrogen-bond donors (Lipinski definition) is 0. The second kappa shape index (κ2) is 3.90. The molecule has 0 N–H and O–H groups in total. The second-order valence-electron chi connectivity index (χ2n) is 2.85. The van der Waals surface area contributed by atoms with Crippen LogP contribution >= 0.6 is 0 Å². The summed E-state index contributed by atoms with van der Waals surface area (Å²) in [6.45, 7) is 9.60. The monoisotopic (exact) mass is 174 g/mol. The molecule has 0 saturated heterocycles. The van der Waals surface area contributed by atoms with E-state index in [0.717, 1.165) is 17.0 Å². The second-order valence-corrected chi connectivity index (χ2v) is 2.85. The van der Waals surface area contributed by atoms with E-state index in [9.17, 15) is 0 Å². The van der Waals surface area contributed by atoms with Crippen LogP contribution in [0, 0.1) is 0 Å². The number of nitrogens with zero attached hydrogens (tertiary/aromatic N) is 2. The van der Waals surface area contributed by atoms with Crippen LogP contribution in [-0.4, -0.2) is 17.8 Å². The lowest BCUT2D eigenvalue weighted by Crippen LogP contribution is -1.94. The molecule has 0 saturated carbocycles. The van der Waals surface area contributed by atoms with Gasteiger partial charge in [0.05, 0.1) is 5.69 Å². The minimum atomic E-state index is 0.977. The zero-order valence-electron chi connectivity index (χ0n) is 8.12. The zero-order valence-corrected chi connectivity index (χ0v) is 8.12. The lowest BCUT2D eigenvalue weighted by Gasteiger charge is -2.04. The third kappa shape index (κ3) is 1.78. The van der Waals surface area contributed by atoms with E-state index in [1.807, 2.05) is 36.0 Å². The van der Waals surface area contributed by atoms with Crippen molar-refractivity contribution in [3.8, 4) is 0 Å². The van der Waals surface area contributed by atoms with E-state index in [-0.39, 0.29) is 0 Å². The average molecular weight is 174 g/mol. The highest BCUT2D eigenvalue weighted by Gasteiger charge is 2.03. The number of aliphatic imine (C=N–C) groups is 1. The Morgan fingerprint density at radius 1 is 1.62 bits per heavy atom. The Bertz CT molecular complexity index is 356. The Morgan fingerprint density at radius 2 is 2.31 bits per heavy atom. The topological polar surface area (TPSA) is 17.3 Å². The number of aromatic nitrogens is 1. The van der Waals surface area contributed by atoms with Gasteiger partial charge in [0.1, 0.15) is 0 Å². The van der Waals surface area contributed by atoms with E-state index in [1.54, 1.807) is 7.05 Å². The molecule has 68 valence electrons. The molecule has 0 spiro atoms. The predicted octanol–water partition coefficient (Wildman–Crippen LogP) is 2.67. The van der Waals surface area contributed by atoms with Crippen LogP contribution in [0.25, 0.3) is 11.8 Å². The Balaban J connectivity index is 3.25. The molecule has 1 aromatic heterocycles. The third-order valence-electron chi connectivity index (χ3n) is 1.83. The molecule has 0 aliphatic rings. The van der Waals surface area contributed by atoms with Gasteiger partial charge in [-0.15, -0.1) is 0 Å². The lowest BCUT2D eigenvalue weighted by atomic mass is 10.2. The first kappa shape index (κ1) is 9.52. The standard InChI is InChI=1S/C11H14N2/c1-5-11-10(8-12-4)6-7-13(11)9(2)3/h5-8H,1-2H2,3-4H3. The molecule has 2 heteroatoms. The molecule has 0 unspecified atom stereocenters. The number of allylic oxidation sites excluding steroid dienone is 1. The van der Waals surface area contributed by atoms with Crippen molar-refractivity contribution >= 4 is 18.0 Å². The molecule has 0 aliphatic heterocycles. The first-order chi connectivity index (χ1) is 6.20. The van der Waals surface area contributed by atoms with Crippen molar-refractivity contribution in [2.75, 3.05) is 7.05 Å². The van der Waals surface area contributed by atoms with Gasteiger partial charge < -0.3 is 4.57 Å². The van der Waals surface area contributed by atoms with Crippen molar-refractivity contribution in [2.24, 2.45) is 4.99 Å². The molecule has 0 fully saturated rings.